The first-order chi connectivity index (χ1) is 6.84. The highest BCUT2D eigenvalue weighted by atomic mass is 79.9. The minimum Gasteiger partial charge on any atom is -0.379 e. The molecule has 2 nitrogen and oxygen atoms in total. The van der Waals surface area contributed by atoms with Gasteiger partial charge in [-0.2, -0.15) is 0 Å². The van der Waals surface area contributed by atoms with E-state index >= 15 is 0 Å². The Morgan fingerprint density at radius 1 is 1.14 bits per heavy atom. The van der Waals surface area contributed by atoms with Gasteiger partial charge >= 0.3 is 0 Å². The highest BCUT2D eigenvalue weighted by Gasteiger charge is 2.11. The van der Waals surface area contributed by atoms with Gasteiger partial charge in [-0.1, -0.05) is 15.9 Å². The number of rotatable bonds is 2. The van der Waals surface area contributed by atoms with E-state index in [1.54, 1.807) is 11.9 Å². The summed E-state index contributed by atoms with van der Waals surface area (Å²) in [5.74, 6) is 0. The third-order valence-electron chi connectivity index (χ3n) is 2.02. The van der Waals surface area contributed by atoms with Crippen molar-refractivity contribution in [3.63, 3.8) is 0 Å². The van der Waals surface area contributed by atoms with E-state index in [1.165, 1.54) is 4.90 Å². The smallest absolute Gasteiger partial charge is 0.0603 e. The van der Waals surface area contributed by atoms with E-state index in [0.29, 0.717) is 0 Å². The molecule has 0 amide bonds. The summed E-state index contributed by atoms with van der Waals surface area (Å²) in [7, 11) is 0. The predicted molar refractivity (Wildman–Crippen MR) is 62.4 cm³/mol. The lowest BCUT2D eigenvalue weighted by Gasteiger charge is -2.25. The summed E-state index contributed by atoms with van der Waals surface area (Å²) >= 11 is 5.23. The first-order valence-corrected chi connectivity index (χ1v) is 6.17. The molecule has 0 aliphatic carbocycles. The maximum absolute atomic E-state index is 5.29. The van der Waals surface area contributed by atoms with Gasteiger partial charge in [-0.25, -0.2) is 4.31 Å². The van der Waals surface area contributed by atoms with Crippen molar-refractivity contribution in [3.05, 3.63) is 28.7 Å². The molecule has 0 bridgehead atoms. The molecule has 0 aromatic heterocycles. The minimum absolute atomic E-state index is 0.851. The van der Waals surface area contributed by atoms with Crippen LogP contribution in [-0.4, -0.2) is 30.6 Å². The molecule has 1 saturated heterocycles. The SMILES string of the molecule is Brc1ccc(SN2CCOCC2)cc1. The standard InChI is InChI=1S/C10H12BrNOS/c11-9-1-3-10(4-2-9)14-12-5-7-13-8-6-12/h1-4H,5-8H2. The molecule has 1 heterocycles. The van der Waals surface area contributed by atoms with Crippen LogP contribution >= 0.6 is 27.9 Å². The highest BCUT2D eigenvalue weighted by molar-refractivity contribution is 9.10. The molecule has 1 aliphatic heterocycles. The third-order valence-corrected chi connectivity index (χ3v) is 3.65. The molecular formula is C10H12BrNOS. The van der Waals surface area contributed by atoms with Gasteiger partial charge in [0.15, 0.2) is 0 Å². The molecule has 1 aromatic rings. The van der Waals surface area contributed by atoms with Gasteiger partial charge in [0.05, 0.1) is 13.2 Å². The van der Waals surface area contributed by atoms with Crippen molar-refractivity contribution in [2.75, 3.05) is 26.3 Å². The molecule has 0 radical (unpaired) electrons. The molecule has 2 rings (SSSR count). The molecule has 1 aliphatic rings. The fraction of sp³-hybridized carbons (Fsp3) is 0.400. The van der Waals surface area contributed by atoms with Crippen molar-refractivity contribution < 1.29 is 4.74 Å². The number of ether oxygens (including phenoxy) is 1. The largest absolute Gasteiger partial charge is 0.379 e. The van der Waals surface area contributed by atoms with Crippen molar-refractivity contribution in [2.24, 2.45) is 0 Å². The molecule has 0 N–H and O–H groups in total. The average molecular weight is 274 g/mol. The monoisotopic (exact) mass is 273 g/mol. The van der Waals surface area contributed by atoms with Gasteiger partial charge < -0.3 is 4.74 Å². The van der Waals surface area contributed by atoms with Crippen LogP contribution in [-0.2, 0) is 4.74 Å². The van der Waals surface area contributed by atoms with Gasteiger partial charge in [0.2, 0.25) is 0 Å². The topological polar surface area (TPSA) is 12.5 Å². The Balaban J connectivity index is 1.92. The van der Waals surface area contributed by atoms with Crippen LogP contribution < -0.4 is 0 Å². The van der Waals surface area contributed by atoms with E-state index in [9.17, 15) is 0 Å². The quantitative estimate of drug-likeness (QED) is 0.769. The lowest BCUT2D eigenvalue weighted by Crippen LogP contribution is -2.30. The van der Waals surface area contributed by atoms with E-state index in [1.807, 2.05) is 0 Å². The van der Waals surface area contributed by atoms with E-state index in [2.05, 4.69) is 44.5 Å². The normalized spacial score (nSPS) is 18.4. The Kier molecular flexibility index (Phi) is 3.87. The van der Waals surface area contributed by atoms with Crippen LogP contribution in [0.25, 0.3) is 0 Å². The second-order valence-corrected chi connectivity index (χ2v) is 5.17. The summed E-state index contributed by atoms with van der Waals surface area (Å²) in [5, 5.41) is 0. The third kappa shape index (κ3) is 2.98. The Labute approximate surface area is 96.9 Å². The fourth-order valence-corrected chi connectivity index (χ4v) is 2.43. The van der Waals surface area contributed by atoms with Gasteiger partial charge in [0, 0.05) is 22.5 Å². The molecule has 0 unspecified atom stereocenters. The summed E-state index contributed by atoms with van der Waals surface area (Å²) < 4.78 is 8.76. The maximum atomic E-state index is 5.29. The van der Waals surface area contributed by atoms with Crippen LogP contribution in [0.4, 0.5) is 0 Å². The summed E-state index contributed by atoms with van der Waals surface area (Å²) in [6, 6.07) is 8.40. The zero-order chi connectivity index (χ0) is 9.80. The number of morpholine rings is 1. The van der Waals surface area contributed by atoms with Crippen LogP contribution in [0.1, 0.15) is 0 Å². The fourth-order valence-electron chi connectivity index (χ4n) is 1.28. The molecule has 0 atom stereocenters. The molecule has 1 fully saturated rings. The average Bonchev–Trinajstić information content (AvgIpc) is 2.23. The van der Waals surface area contributed by atoms with Crippen LogP contribution in [0, 0.1) is 0 Å². The van der Waals surface area contributed by atoms with E-state index in [-0.39, 0.29) is 0 Å². The van der Waals surface area contributed by atoms with Crippen molar-refractivity contribution in [2.45, 2.75) is 4.90 Å². The van der Waals surface area contributed by atoms with Crippen LogP contribution in [0.5, 0.6) is 0 Å². The van der Waals surface area contributed by atoms with Gasteiger partial charge in [0.25, 0.3) is 0 Å². The summed E-state index contributed by atoms with van der Waals surface area (Å²) in [4.78, 5) is 1.29. The Bertz CT molecular complexity index is 285. The number of hydrogen-bond donors (Lipinski definition) is 0. The zero-order valence-electron chi connectivity index (χ0n) is 7.78. The number of benzene rings is 1. The molecular weight excluding hydrogens is 262 g/mol. The second kappa shape index (κ2) is 5.16. The molecule has 1 aromatic carbocycles. The first-order valence-electron chi connectivity index (χ1n) is 4.61. The lowest BCUT2D eigenvalue weighted by atomic mass is 10.4. The van der Waals surface area contributed by atoms with Crippen LogP contribution in [0.3, 0.4) is 0 Å². The summed E-state index contributed by atoms with van der Waals surface area (Å²) in [5.41, 5.74) is 0. The summed E-state index contributed by atoms with van der Waals surface area (Å²) in [6.07, 6.45) is 0. The van der Waals surface area contributed by atoms with E-state index < -0.39 is 0 Å². The van der Waals surface area contributed by atoms with Crippen molar-refractivity contribution in [1.82, 2.24) is 4.31 Å². The maximum Gasteiger partial charge on any atom is 0.0603 e. The van der Waals surface area contributed by atoms with Gasteiger partial charge in [-0.3, -0.25) is 0 Å². The number of halogens is 1. The predicted octanol–water partition coefficient (Wildman–Crippen LogP) is 2.79. The van der Waals surface area contributed by atoms with Crippen molar-refractivity contribution in [1.29, 1.82) is 0 Å². The minimum atomic E-state index is 0.851. The van der Waals surface area contributed by atoms with Crippen molar-refractivity contribution in [3.8, 4) is 0 Å². The summed E-state index contributed by atoms with van der Waals surface area (Å²) in [6.45, 7) is 3.73. The van der Waals surface area contributed by atoms with Crippen LogP contribution in [0.2, 0.25) is 0 Å². The Hall–Kier alpha value is -0.0300. The number of hydrogen-bond acceptors (Lipinski definition) is 3. The molecule has 4 heteroatoms. The lowest BCUT2D eigenvalue weighted by molar-refractivity contribution is 0.0773. The first kappa shape index (κ1) is 10.5. The van der Waals surface area contributed by atoms with Crippen LogP contribution in [0.15, 0.2) is 33.6 Å². The molecule has 0 saturated carbocycles. The second-order valence-electron chi connectivity index (χ2n) is 3.09. The molecule has 76 valence electrons. The van der Waals surface area contributed by atoms with Gasteiger partial charge in [0.1, 0.15) is 0 Å². The Morgan fingerprint density at radius 3 is 2.43 bits per heavy atom. The molecule has 0 spiro atoms. The number of nitrogens with zero attached hydrogens (tertiary/aromatic N) is 1. The van der Waals surface area contributed by atoms with E-state index in [4.69, 9.17) is 4.74 Å². The highest BCUT2D eigenvalue weighted by Crippen LogP contribution is 2.24. The molecule has 14 heavy (non-hydrogen) atoms. The van der Waals surface area contributed by atoms with Crippen molar-refractivity contribution >= 4 is 27.9 Å². The van der Waals surface area contributed by atoms with Gasteiger partial charge in [-0.05, 0) is 36.2 Å². The van der Waals surface area contributed by atoms with Gasteiger partial charge in [-0.15, -0.1) is 0 Å². The zero-order valence-corrected chi connectivity index (χ0v) is 10.2. The Morgan fingerprint density at radius 2 is 1.79 bits per heavy atom. The van der Waals surface area contributed by atoms with E-state index in [0.717, 1.165) is 30.8 Å².